The molecule has 0 atom stereocenters. The Morgan fingerprint density at radius 2 is 1.96 bits per heavy atom. The lowest BCUT2D eigenvalue weighted by atomic mass is 10.2. The third kappa shape index (κ3) is 3.23. The van der Waals surface area contributed by atoms with Crippen LogP contribution in [0.5, 0.6) is 0 Å². The van der Waals surface area contributed by atoms with Crippen molar-refractivity contribution in [2.75, 3.05) is 0 Å². The van der Waals surface area contributed by atoms with Gasteiger partial charge in [-0.15, -0.1) is 0 Å². The average Bonchev–Trinajstić information content (AvgIpc) is 2.85. The number of carbonyl (C=O) groups excluding carboxylic acids is 1. The molecule has 0 N–H and O–H groups in total. The Morgan fingerprint density at radius 3 is 2.65 bits per heavy atom. The van der Waals surface area contributed by atoms with Crippen LogP contribution in [0, 0.1) is 13.8 Å². The summed E-state index contributed by atoms with van der Waals surface area (Å²) in [6, 6.07) is 11.5. The lowest BCUT2D eigenvalue weighted by molar-refractivity contribution is 0.0941. The molecule has 0 unspecified atom stereocenters. The van der Waals surface area contributed by atoms with Crippen molar-refractivity contribution < 1.29 is 4.79 Å². The van der Waals surface area contributed by atoms with E-state index in [1.165, 1.54) is 4.68 Å². The van der Waals surface area contributed by atoms with Gasteiger partial charge in [0.05, 0.1) is 21.8 Å². The van der Waals surface area contributed by atoms with Gasteiger partial charge >= 0.3 is 0 Å². The van der Waals surface area contributed by atoms with Crippen molar-refractivity contribution in [2.45, 2.75) is 23.6 Å². The molecule has 0 fully saturated rings. The summed E-state index contributed by atoms with van der Waals surface area (Å²) in [7, 11) is 0. The van der Waals surface area contributed by atoms with Crippen molar-refractivity contribution in [2.24, 2.45) is 0 Å². The maximum atomic E-state index is 12.6. The first-order chi connectivity index (χ1) is 11.1. The molecule has 116 valence electrons. The fourth-order valence-electron chi connectivity index (χ4n) is 2.22. The second-order valence-electron chi connectivity index (χ2n) is 4.99. The van der Waals surface area contributed by atoms with E-state index in [2.05, 4.69) is 26.0 Å². The first-order valence-corrected chi connectivity index (χ1v) is 8.62. The molecular weight excluding hydrogens is 374 g/mol. The Bertz CT molecular complexity index is 862. The van der Waals surface area contributed by atoms with E-state index in [1.807, 2.05) is 38.1 Å². The van der Waals surface area contributed by atoms with Gasteiger partial charge in [0.1, 0.15) is 0 Å². The van der Waals surface area contributed by atoms with E-state index in [-0.39, 0.29) is 5.91 Å². The number of aryl methyl sites for hydroxylation is 1. The molecule has 3 aromatic rings. The van der Waals surface area contributed by atoms with Crippen molar-refractivity contribution in [1.29, 1.82) is 0 Å². The molecule has 0 radical (unpaired) electrons. The lowest BCUT2D eigenvalue weighted by Gasteiger charge is -2.05. The molecule has 0 aliphatic carbocycles. The van der Waals surface area contributed by atoms with Crippen LogP contribution in [0.3, 0.4) is 0 Å². The summed E-state index contributed by atoms with van der Waals surface area (Å²) >= 11 is 5.15. The highest BCUT2D eigenvalue weighted by atomic mass is 79.9. The summed E-state index contributed by atoms with van der Waals surface area (Å²) in [6.07, 6.45) is 3.20. The maximum Gasteiger partial charge on any atom is 0.279 e. The highest BCUT2D eigenvalue weighted by Gasteiger charge is 2.19. The van der Waals surface area contributed by atoms with Crippen LogP contribution in [-0.4, -0.2) is 20.7 Å². The molecule has 2 heterocycles. The van der Waals surface area contributed by atoms with Crippen molar-refractivity contribution in [3.8, 4) is 0 Å². The fraction of sp³-hybridized carbons (Fsp3) is 0.118. The average molecular weight is 388 g/mol. The molecule has 0 amide bonds. The first-order valence-electron chi connectivity index (χ1n) is 7.01. The number of halogens is 1. The predicted octanol–water partition coefficient (Wildman–Crippen LogP) is 4.50. The summed E-state index contributed by atoms with van der Waals surface area (Å²) in [5.74, 6) is -0.169. The molecule has 0 saturated heterocycles. The van der Waals surface area contributed by atoms with Crippen LogP contribution in [0.1, 0.15) is 21.7 Å². The number of carbonyl (C=O) groups is 1. The van der Waals surface area contributed by atoms with Crippen LogP contribution in [0.15, 0.2) is 63.1 Å². The maximum absolute atomic E-state index is 12.6. The van der Waals surface area contributed by atoms with Gasteiger partial charge in [-0.1, -0.05) is 23.9 Å². The molecular formula is C17H14BrN3OS. The van der Waals surface area contributed by atoms with E-state index >= 15 is 0 Å². The van der Waals surface area contributed by atoms with Crippen LogP contribution in [0.25, 0.3) is 0 Å². The van der Waals surface area contributed by atoms with Crippen molar-refractivity contribution in [3.63, 3.8) is 0 Å². The minimum absolute atomic E-state index is 0.169. The number of hydrogen-bond donors (Lipinski definition) is 0. The van der Waals surface area contributed by atoms with Gasteiger partial charge in [0.25, 0.3) is 5.91 Å². The summed E-state index contributed by atoms with van der Waals surface area (Å²) < 4.78 is 2.47. The normalized spacial score (nSPS) is 10.7. The molecule has 0 aliphatic heterocycles. The molecule has 0 saturated carbocycles. The molecule has 1 aromatic carbocycles. The summed E-state index contributed by atoms with van der Waals surface area (Å²) in [5.41, 5.74) is 2.19. The monoisotopic (exact) mass is 387 g/mol. The zero-order valence-electron chi connectivity index (χ0n) is 12.7. The highest BCUT2D eigenvalue weighted by molar-refractivity contribution is 9.10. The van der Waals surface area contributed by atoms with E-state index in [0.29, 0.717) is 5.56 Å². The minimum Gasteiger partial charge on any atom is -0.267 e. The van der Waals surface area contributed by atoms with Gasteiger partial charge in [-0.25, -0.2) is 0 Å². The van der Waals surface area contributed by atoms with E-state index < -0.39 is 0 Å². The minimum atomic E-state index is -0.169. The van der Waals surface area contributed by atoms with Crippen molar-refractivity contribution in [1.82, 2.24) is 14.8 Å². The van der Waals surface area contributed by atoms with Gasteiger partial charge in [-0.05, 0) is 54.0 Å². The molecule has 0 bridgehead atoms. The number of nitrogens with zero attached hydrogens (tertiary/aromatic N) is 3. The summed E-state index contributed by atoms with van der Waals surface area (Å²) in [5, 5.41) is 4.42. The number of rotatable bonds is 3. The Balaban J connectivity index is 1.97. The van der Waals surface area contributed by atoms with Crippen LogP contribution < -0.4 is 0 Å². The van der Waals surface area contributed by atoms with E-state index in [1.54, 1.807) is 36.3 Å². The van der Waals surface area contributed by atoms with Crippen LogP contribution in [0.4, 0.5) is 0 Å². The Kier molecular flexibility index (Phi) is 4.63. The molecule has 0 spiro atoms. The van der Waals surface area contributed by atoms with E-state index in [9.17, 15) is 4.79 Å². The first kappa shape index (κ1) is 16.0. The highest BCUT2D eigenvalue weighted by Crippen LogP contribution is 2.36. The van der Waals surface area contributed by atoms with Gasteiger partial charge < -0.3 is 0 Å². The van der Waals surface area contributed by atoms with Crippen molar-refractivity contribution in [3.05, 3.63) is 70.2 Å². The van der Waals surface area contributed by atoms with Gasteiger partial charge in [0.2, 0.25) is 0 Å². The SMILES string of the molecule is Cc1nn(C(=O)c2cccnc2)c(C)c1Sc1ccccc1Br. The van der Waals surface area contributed by atoms with Crippen LogP contribution in [0.2, 0.25) is 0 Å². The lowest BCUT2D eigenvalue weighted by Crippen LogP contribution is -2.15. The number of pyridine rings is 1. The predicted molar refractivity (Wildman–Crippen MR) is 93.9 cm³/mol. The zero-order chi connectivity index (χ0) is 16.4. The molecule has 0 aliphatic rings. The third-order valence-electron chi connectivity index (χ3n) is 3.37. The molecule has 6 heteroatoms. The van der Waals surface area contributed by atoms with Gasteiger partial charge in [0, 0.05) is 21.8 Å². The largest absolute Gasteiger partial charge is 0.279 e. The topological polar surface area (TPSA) is 47.8 Å². The molecule has 23 heavy (non-hydrogen) atoms. The summed E-state index contributed by atoms with van der Waals surface area (Å²) in [4.78, 5) is 18.7. The Hall–Kier alpha value is -1.92. The number of hydrogen-bond acceptors (Lipinski definition) is 4. The van der Waals surface area contributed by atoms with Gasteiger partial charge in [0.15, 0.2) is 0 Å². The molecule has 2 aromatic heterocycles. The molecule has 4 nitrogen and oxygen atoms in total. The quantitative estimate of drug-likeness (QED) is 0.663. The number of benzene rings is 1. The number of aromatic nitrogens is 3. The second-order valence-corrected chi connectivity index (χ2v) is 6.90. The summed E-state index contributed by atoms with van der Waals surface area (Å²) in [6.45, 7) is 3.83. The van der Waals surface area contributed by atoms with Crippen LogP contribution >= 0.6 is 27.7 Å². The smallest absolute Gasteiger partial charge is 0.267 e. The second kappa shape index (κ2) is 6.68. The van der Waals surface area contributed by atoms with Crippen molar-refractivity contribution >= 4 is 33.6 Å². The van der Waals surface area contributed by atoms with E-state index in [0.717, 1.165) is 25.7 Å². The van der Waals surface area contributed by atoms with Crippen LogP contribution in [-0.2, 0) is 0 Å². The zero-order valence-corrected chi connectivity index (χ0v) is 15.1. The Labute approximate surface area is 147 Å². The van der Waals surface area contributed by atoms with Gasteiger partial charge in [-0.2, -0.15) is 9.78 Å². The molecule has 3 rings (SSSR count). The van der Waals surface area contributed by atoms with E-state index in [4.69, 9.17) is 0 Å². The third-order valence-corrected chi connectivity index (χ3v) is 5.70. The van der Waals surface area contributed by atoms with Gasteiger partial charge in [-0.3, -0.25) is 9.78 Å². The standard InChI is InChI=1S/C17H14BrN3OS/c1-11-16(23-15-8-4-3-7-14(15)18)12(2)21(20-11)17(22)13-6-5-9-19-10-13/h3-10H,1-2H3. The Morgan fingerprint density at radius 1 is 1.17 bits per heavy atom. The fourth-order valence-corrected chi connectivity index (χ4v) is 3.71.